The van der Waals surface area contributed by atoms with Crippen LogP contribution in [-0.4, -0.2) is 34.9 Å². The van der Waals surface area contributed by atoms with E-state index < -0.39 is 11.6 Å². The second kappa shape index (κ2) is 12.8. The number of ether oxygens (including phenoxy) is 1. The lowest BCUT2D eigenvalue weighted by Crippen LogP contribution is -2.55. The van der Waals surface area contributed by atoms with E-state index in [1.54, 1.807) is 11.0 Å². The Bertz CT molecular complexity index is 1170. The first-order chi connectivity index (χ1) is 17.5. The van der Waals surface area contributed by atoms with Crippen LogP contribution in [0.1, 0.15) is 57.2 Å². The topological polar surface area (TPSA) is 58.6 Å². The molecule has 0 aliphatic heterocycles. The van der Waals surface area contributed by atoms with Gasteiger partial charge in [0.15, 0.2) is 6.61 Å². The summed E-state index contributed by atoms with van der Waals surface area (Å²) in [6.45, 7) is 10.0. The smallest absolute Gasteiger partial charge is 0.261 e. The molecule has 2 amide bonds. The van der Waals surface area contributed by atoms with Crippen LogP contribution >= 0.6 is 11.6 Å². The molecular weight excluding hydrogens is 484 g/mol. The average molecular weight is 521 g/mol. The fraction of sp³-hybridized carbons (Fsp3) is 0.355. The van der Waals surface area contributed by atoms with Crippen LogP contribution in [0.2, 0.25) is 5.02 Å². The third-order valence-electron chi connectivity index (χ3n) is 5.98. The Morgan fingerprint density at radius 2 is 1.54 bits per heavy atom. The van der Waals surface area contributed by atoms with Crippen LogP contribution in [0.3, 0.4) is 0 Å². The van der Waals surface area contributed by atoms with Crippen molar-refractivity contribution >= 4 is 23.4 Å². The van der Waals surface area contributed by atoms with Gasteiger partial charge < -0.3 is 15.0 Å². The molecule has 196 valence electrons. The Kier molecular flexibility index (Phi) is 9.76. The molecule has 1 atom stereocenters. The van der Waals surface area contributed by atoms with Crippen LogP contribution in [0, 0.1) is 0 Å². The maximum atomic E-state index is 13.7. The number of hydrogen-bond donors (Lipinski definition) is 1. The van der Waals surface area contributed by atoms with Gasteiger partial charge in [-0.3, -0.25) is 9.59 Å². The van der Waals surface area contributed by atoms with Crippen molar-refractivity contribution in [3.05, 3.63) is 101 Å². The minimum Gasteiger partial charge on any atom is -0.484 e. The van der Waals surface area contributed by atoms with Gasteiger partial charge >= 0.3 is 0 Å². The third-order valence-corrected chi connectivity index (χ3v) is 6.35. The number of halogens is 1. The number of carbonyl (C=O) groups is 2. The van der Waals surface area contributed by atoms with Crippen LogP contribution in [0.4, 0.5) is 0 Å². The molecule has 5 nitrogen and oxygen atoms in total. The summed E-state index contributed by atoms with van der Waals surface area (Å²) in [5, 5.41) is 3.60. The normalized spacial score (nSPS) is 12.2. The summed E-state index contributed by atoms with van der Waals surface area (Å²) < 4.78 is 5.88. The fourth-order valence-electron chi connectivity index (χ4n) is 3.99. The van der Waals surface area contributed by atoms with E-state index in [9.17, 15) is 9.59 Å². The minimum absolute atomic E-state index is 0.184. The predicted molar refractivity (Wildman–Crippen MR) is 150 cm³/mol. The van der Waals surface area contributed by atoms with Crippen LogP contribution in [0.5, 0.6) is 5.75 Å². The van der Waals surface area contributed by atoms with Gasteiger partial charge in [0.2, 0.25) is 5.91 Å². The maximum Gasteiger partial charge on any atom is 0.261 e. The van der Waals surface area contributed by atoms with Gasteiger partial charge in [0, 0.05) is 23.5 Å². The Labute approximate surface area is 225 Å². The molecule has 3 aromatic carbocycles. The van der Waals surface area contributed by atoms with Crippen molar-refractivity contribution in [1.82, 2.24) is 10.2 Å². The fourth-order valence-corrected chi connectivity index (χ4v) is 4.19. The van der Waals surface area contributed by atoms with Crippen molar-refractivity contribution in [1.29, 1.82) is 0 Å². The molecule has 3 aromatic rings. The number of nitrogens with one attached hydrogen (secondary N) is 1. The molecule has 0 fully saturated rings. The van der Waals surface area contributed by atoms with Gasteiger partial charge in [-0.15, -0.1) is 0 Å². The molecule has 0 aliphatic carbocycles. The summed E-state index contributed by atoms with van der Waals surface area (Å²) in [6, 6.07) is 24.1. The molecule has 0 aliphatic rings. The zero-order valence-corrected chi connectivity index (χ0v) is 23.1. The van der Waals surface area contributed by atoms with Crippen LogP contribution in [0.15, 0.2) is 78.9 Å². The van der Waals surface area contributed by atoms with E-state index in [-0.39, 0.29) is 25.0 Å². The molecule has 0 bridgehead atoms. The number of carbonyl (C=O) groups excluding carboxylic acids is 2. The zero-order valence-electron chi connectivity index (χ0n) is 22.3. The van der Waals surface area contributed by atoms with Crippen molar-refractivity contribution in [3.63, 3.8) is 0 Å². The summed E-state index contributed by atoms with van der Waals surface area (Å²) >= 11 is 6.47. The van der Waals surface area contributed by atoms with E-state index in [1.807, 2.05) is 93.6 Å². The Morgan fingerprint density at radius 3 is 2.14 bits per heavy atom. The van der Waals surface area contributed by atoms with Gasteiger partial charge in [-0.1, -0.05) is 86.1 Å². The summed E-state index contributed by atoms with van der Waals surface area (Å²) in [7, 11) is 0. The second-order valence-electron chi connectivity index (χ2n) is 10.6. The SMILES string of the molecule is CC(C)c1ccc(OCC(=O)N(Cc2ccccc2Cl)C(Cc2ccccc2)C(=O)NC(C)(C)C)cc1. The van der Waals surface area contributed by atoms with E-state index in [2.05, 4.69) is 19.2 Å². The molecule has 1 unspecified atom stereocenters. The van der Waals surface area contributed by atoms with Crippen molar-refractivity contribution in [2.75, 3.05) is 6.61 Å². The van der Waals surface area contributed by atoms with E-state index in [1.165, 1.54) is 5.56 Å². The van der Waals surface area contributed by atoms with Crippen molar-refractivity contribution in [3.8, 4) is 5.75 Å². The lowest BCUT2D eigenvalue weighted by Gasteiger charge is -2.34. The van der Waals surface area contributed by atoms with Gasteiger partial charge in [0.1, 0.15) is 11.8 Å². The third kappa shape index (κ3) is 8.64. The minimum atomic E-state index is -0.752. The quantitative estimate of drug-likeness (QED) is 0.336. The number of hydrogen-bond acceptors (Lipinski definition) is 3. The average Bonchev–Trinajstić information content (AvgIpc) is 2.85. The number of amides is 2. The van der Waals surface area contributed by atoms with E-state index >= 15 is 0 Å². The summed E-state index contributed by atoms with van der Waals surface area (Å²) in [5.74, 6) is 0.493. The second-order valence-corrected chi connectivity index (χ2v) is 11.0. The van der Waals surface area contributed by atoms with Crippen molar-refractivity contribution < 1.29 is 14.3 Å². The highest BCUT2D eigenvalue weighted by Crippen LogP contribution is 2.22. The molecule has 6 heteroatoms. The number of nitrogens with zero attached hydrogens (tertiary/aromatic N) is 1. The molecule has 0 saturated heterocycles. The molecule has 0 aromatic heterocycles. The van der Waals surface area contributed by atoms with Gasteiger partial charge in [-0.05, 0) is 61.6 Å². The van der Waals surface area contributed by atoms with Gasteiger partial charge in [-0.25, -0.2) is 0 Å². The van der Waals surface area contributed by atoms with Crippen LogP contribution in [0.25, 0.3) is 0 Å². The predicted octanol–water partition coefficient (Wildman–Crippen LogP) is 6.40. The number of rotatable bonds is 10. The number of benzene rings is 3. The van der Waals surface area contributed by atoms with E-state index in [0.29, 0.717) is 23.1 Å². The molecule has 1 N–H and O–H groups in total. The Hall–Kier alpha value is -3.31. The summed E-state index contributed by atoms with van der Waals surface area (Å²) in [4.78, 5) is 28.8. The first-order valence-electron chi connectivity index (χ1n) is 12.6. The lowest BCUT2D eigenvalue weighted by molar-refractivity contribution is -0.143. The first kappa shape index (κ1) is 28.3. The van der Waals surface area contributed by atoms with E-state index in [0.717, 1.165) is 11.1 Å². The summed E-state index contributed by atoms with van der Waals surface area (Å²) in [6.07, 6.45) is 0.363. The van der Waals surface area contributed by atoms with Gasteiger partial charge in [0.05, 0.1) is 0 Å². The molecule has 37 heavy (non-hydrogen) atoms. The van der Waals surface area contributed by atoms with E-state index in [4.69, 9.17) is 16.3 Å². The highest BCUT2D eigenvalue weighted by atomic mass is 35.5. The highest BCUT2D eigenvalue weighted by molar-refractivity contribution is 6.31. The summed E-state index contributed by atoms with van der Waals surface area (Å²) in [5.41, 5.74) is 2.46. The monoisotopic (exact) mass is 520 g/mol. The molecule has 0 heterocycles. The van der Waals surface area contributed by atoms with Crippen LogP contribution in [-0.2, 0) is 22.6 Å². The molecule has 0 spiro atoms. The first-order valence-corrected chi connectivity index (χ1v) is 13.0. The van der Waals surface area contributed by atoms with Gasteiger partial charge in [-0.2, -0.15) is 0 Å². The highest BCUT2D eigenvalue weighted by Gasteiger charge is 2.32. The molecule has 3 rings (SSSR count). The van der Waals surface area contributed by atoms with Crippen LogP contribution < -0.4 is 10.1 Å². The Morgan fingerprint density at radius 1 is 0.919 bits per heavy atom. The molecular formula is C31H37ClN2O3. The van der Waals surface area contributed by atoms with Crippen molar-refractivity contribution in [2.45, 2.75) is 65.1 Å². The lowest BCUT2D eigenvalue weighted by atomic mass is 10.0. The Balaban J connectivity index is 1.91. The standard InChI is InChI=1S/C31H37ClN2O3/c1-22(2)24-15-17-26(18-16-24)37-21-29(35)34(20-25-13-9-10-14-27(25)32)28(30(36)33-31(3,4)5)19-23-11-7-6-8-12-23/h6-18,22,28H,19-21H2,1-5H3,(H,33,36). The molecule has 0 saturated carbocycles. The maximum absolute atomic E-state index is 13.7. The zero-order chi connectivity index (χ0) is 27.0. The van der Waals surface area contributed by atoms with Crippen molar-refractivity contribution in [2.24, 2.45) is 0 Å². The van der Waals surface area contributed by atoms with Gasteiger partial charge in [0.25, 0.3) is 5.91 Å². The largest absolute Gasteiger partial charge is 0.484 e. The molecule has 0 radical (unpaired) electrons.